The van der Waals surface area contributed by atoms with Gasteiger partial charge in [0.25, 0.3) is 5.91 Å². The predicted octanol–water partition coefficient (Wildman–Crippen LogP) is 2.75. The highest BCUT2D eigenvalue weighted by Crippen LogP contribution is 2.31. The minimum atomic E-state index is -0.119. The van der Waals surface area contributed by atoms with Crippen LogP contribution in [0.1, 0.15) is 19.4 Å². The molecule has 1 amide bonds. The monoisotopic (exact) mass is 358 g/mol. The standard InChI is InChI=1S/C19H26N4OS/c1-4-22(5-2)16-8-6-15(7-9-16)14-17-18(24)20-19(25-17)23-12-10-21(3)11-13-23/h6-9,14H,4-5,10-13H2,1-3H3/b17-14+. The average molecular weight is 359 g/mol. The Balaban J connectivity index is 1.67. The van der Waals surface area contributed by atoms with Gasteiger partial charge in [-0.3, -0.25) is 4.79 Å². The number of hydrogen-bond acceptors (Lipinski definition) is 5. The van der Waals surface area contributed by atoms with Gasteiger partial charge in [0.05, 0.1) is 4.91 Å². The van der Waals surface area contributed by atoms with E-state index >= 15 is 0 Å². The summed E-state index contributed by atoms with van der Waals surface area (Å²) < 4.78 is 0. The molecule has 2 aliphatic heterocycles. The molecular weight excluding hydrogens is 332 g/mol. The Labute approximate surface area is 154 Å². The maximum absolute atomic E-state index is 12.2. The maximum Gasteiger partial charge on any atom is 0.286 e. The second-order valence-electron chi connectivity index (χ2n) is 6.36. The summed E-state index contributed by atoms with van der Waals surface area (Å²) in [7, 11) is 2.12. The summed E-state index contributed by atoms with van der Waals surface area (Å²) in [6.07, 6.45) is 1.95. The second-order valence-corrected chi connectivity index (χ2v) is 7.37. The van der Waals surface area contributed by atoms with Gasteiger partial charge in [-0.1, -0.05) is 12.1 Å². The number of amides is 1. The van der Waals surface area contributed by atoms with Crippen LogP contribution in [0.15, 0.2) is 34.2 Å². The van der Waals surface area contributed by atoms with Crippen LogP contribution in [-0.2, 0) is 4.79 Å². The molecule has 1 aromatic carbocycles. The van der Waals surface area contributed by atoms with Crippen LogP contribution >= 0.6 is 11.8 Å². The first kappa shape index (κ1) is 18.0. The number of nitrogens with zero attached hydrogens (tertiary/aromatic N) is 4. The average Bonchev–Trinajstić information content (AvgIpc) is 2.99. The van der Waals surface area contributed by atoms with Crippen molar-refractivity contribution in [2.24, 2.45) is 4.99 Å². The smallest absolute Gasteiger partial charge is 0.286 e. The highest BCUT2D eigenvalue weighted by molar-refractivity contribution is 8.18. The lowest BCUT2D eigenvalue weighted by Gasteiger charge is -2.32. The van der Waals surface area contributed by atoms with Crippen molar-refractivity contribution >= 4 is 34.6 Å². The number of carbonyl (C=O) groups excluding carboxylic acids is 1. The summed E-state index contributed by atoms with van der Waals surface area (Å²) in [6.45, 7) is 10.2. The van der Waals surface area contributed by atoms with Crippen molar-refractivity contribution in [2.75, 3.05) is 51.2 Å². The minimum Gasteiger partial charge on any atom is -0.372 e. The quantitative estimate of drug-likeness (QED) is 0.774. The van der Waals surface area contributed by atoms with Crippen molar-refractivity contribution < 1.29 is 4.79 Å². The molecule has 0 N–H and O–H groups in total. The predicted molar refractivity (Wildman–Crippen MR) is 107 cm³/mol. The van der Waals surface area contributed by atoms with Gasteiger partial charge in [0.15, 0.2) is 5.17 Å². The van der Waals surface area contributed by atoms with Crippen molar-refractivity contribution in [1.82, 2.24) is 9.80 Å². The number of benzene rings is 1. The van der Waals surface area contributed by atoms with Crippen molar-refractivity contribution in [3.05, 3.63) is 34.7 Å². The molecule has 0 aliphatic carbocycles. The van der Waals surface area contributed by atoms with Crippen molar-refractivity contribution in [3.8, 4) is 0 Å². The normalized spacial score (nSPS) is 20.3. The summed E-state index contributed by atoms with van der Waals surface area (Å²) in [5.74, 6) is -0.119. The fourth-order valence-electron chi connectivity index (χ4n) is 3.05. The van der Waals surface area contributed by atoms with Gasteiger partial charge in [-0.15, -0.1) is 0 Å². The lowest BCUT2D eigenvalue weighted by Crippen LogP contribution is -2.46. The minimum absolute atomic E-state index is 0.119. The van der Waals surface area contributed by atoms with Gasteiger partial charge in [-0.2, -0.15) is 4.99 Å². The molecule has 5 nitrogen and oxygen atoms in total. The van der Waals surface area contributed by atoms with E-state index in [0.29, 0.717) is 4.91 Å². The van der Waals surface area contributed by atoms with Gasteiger partial charge < -0.3 is 14.7 Å². The number of amidine groups is 1. The number of anilines is 1. The van der Waals surface area contributed by atoms with Crippen LogP contribution in [0.5, 0.6) is 0 Å². The molecule has 0 saturated carbocycles. The Kier molecular flexibility index (Phi) is 5.81. The molecule has 134 valence electrons. The largest absolute Gasteiger partial charge is 0.372 e. The molecule has 25 heavy (non-hydrogen) atoms. The van der Waals surface area contributed by atoms with Crippen LogP contribution in [0.25, 0.3) is 6.08 Å². The molecule has 3 rings (SSSR count). The third kappa shape index (κ3) is 4.25. The van der Waals surface area contributed by atoms with Gasteiger partial charge in [-0.25, -0.2) is 0 Å². The molecule has 2 aliphatic rings. The molecule has 0 aromatic heterocycles. The highest BCUT2D eigenvalue weighted by Gasteiger charge is 2.27. The Morgan fingerprint density at radius 3 is 2.36 bits per heavy atom. The van der Waals surface area contributed by atoms with E-state index in [4.69, 9.17) is 0 Å². The number of piperazine rings is 1. The Hall–Kier alpha value is -1.79. The van der Waals surface area contributed by atoms with Crippen LogP contribution in [0.2, 0.25) is 0 Å². The van der Waals surface area contributed by atoms with E-state index in [0.717, 1.165) is 50.0 Å². The molecule has 0 spiro atoms. The SMILES string of the molecule is CCN(CC)c1ccc(/C=C2/SC(N3CCN(C)CC3)=NC2=O)cc1. The molecule has 1 fully saturated rings. The van der Waals surface area contributed by atoms with Crippen LogP contribution in [0.3, 0.4) is 0 Å². The van der Waals surface area contributed by atoms with Gasteiger partial charge in [0, 0.05) is 45.0 Å². The number of carbonyl (C=O) groups is 1. The maximum atomic E-state index is 12.2. The fraction of sp³-hybridized carbons (Fsp3) is 0.474. The Morgan fingerprint density at radius 2 is 1.76 bits per heavy atom. The van der Waals surface area contributed by atoms with Crippen LogP contribution in [-0.4, -0.2) is 67.2 Å². The number of hydrogen-bond donors (Lipinski definition) is 0. The first-order chi connectivity index (χ1) is 12.1. The van der Waals surface area contributed by atoms with Gasteiger partial charge >= 0.3 is 0 Å². The topological polar surface area (TPSA) is 39.1 Å². The molecule has 0 radical (unpaired) electrons. The molecule has 1 aromatic rings. The Morgan fingerprint density at radius 1 is 1.12 bits per heavy atom. The number of likely N-dealkylation sites (N-methyl/N-ethyl adjacent to an activating group) is 1. The third-order valence-electron chi connectivity index (χ3n) is 4.70. The van der Waals surface area contributed by atoms with E-state index in [2.05, 4.69) is 64.9 Å². The first-order valence-corrected chi connectivity index (χ1v) is 9.73. The molecule has 0 bridgehead atoms. The molecule has 0 unspecified atom stereocenters. The van der Waals surface area contributed by atoms with E-state index in [-0.39, 0.29) is 5.91 Å². The zero-order chi connectivity index (χ0) is 17.8. The first-order valence-electron chi connectivity index (χ1n) is 8.91. The Bertz CT molecular complexity index is 671. The number of thioether (sulfide) groups is 1. The van der Waals surface area contributed by atoms with Crippen LogP contribution < -0.4 is 4.90 Å². The summed E-state index contributed by atoms with van der Waals surface area (Å²) in [6, 6.07) is 8.38. The van der Waals surface area contributed by atoms with Crippen molar-refractivity contribution in [2.45, 2.75) is 13.8 Å². The number of rotatable bonds is 4. The molecule has 1 saturated heterocycles. The summed E-state index contributed by atoms with van der Waals surface area (Å²) in [5, 5.41) is 0.851. The number of aliphatic imine (C=N–C) groups is 1. The van der Waals surface area contributed by atoms with Gasteiger partial charge in [0.1, 0.15) is 0 Å². The van der Waals surface area contributed by atoms with Crippen LogP contribution in [0, 0.1) is 0 Å². The van der Waals surface area contributed by atoms with Crippen LogP contribution in [0.4, 0.5) is 5.69 Å². The highest BCUT2D eigenvalue weighted by atomic mass is 32.2. The zero-order valence-electron chi connectivity index (χ0n) is 15.2. The van der Waals surface area contributed by atoms with Gasteiger partial charge in [-0.05, 0) is 56.4 Å². The summed E-state index contributed by atoms with van der Waals surface area (Å²) in [4.78, 5) is 24.0. The van der Waals surface area contributed by atoms with E-state index in [1.807, 2.05) is 6.08 Å². The molecule has 6 heteroatoms. The zero-order valence-corrected chi connectivity index (χ0v) is 16.1. The van der Waals surface area contributed by atoms with E-state index in [1.165, 1.54) is 17.4 Å². The van der Waals surface area contributed by atoms with Gasteiger partial charge in [0.2, 0.25) is 0 Å². The molecule has 2 heterocycles. The van der Waals surface area contributed by atoms with E-state index in [1.54, 1.807) is 0 Å². The lowest BCUT2D eigenvalue weighted by atomic mass is 10.2. The summed E-state index contributed by atoms with van der Waals surface area (Å²) in [5.41, 5.74) is 2.26. The fourth-order valence-corrected chi connectivity index (χ4v) is 4.02. The van der Waals surface area contributed by atoms with Crippen molar-refractivity contribution in [3.63, 3.8) is 0 Å². The molecular formula is C19H26N4OS. The van der Waals surface area contributed by atoms with Crippen molar-refractivity contribution in [1.29, 1.82) is 0 Å². The molecule has 0 atom stereocenters. The third-order valence-corrected chi connectivity index (χ3v) is 5.75. The lowest BCUT2D eigenvalue weighted by molar-refractivity contribution is -0.113. The summed E-state index contributed by atoms with van der Waals surface area (Å²) >= 11 is 1.50. The second kappa shape index (κ2) is 8.06. The van der Waals surface area contributed by atoms with E-state index < -0.39 is 0 Å². The van der Waals surface area contributed by atoms with E-state index in [9.17, 15) is 4.79 Å².